The van der Waals surface area contributed by atoms with Crippen LogP contribution in [0, 0.1) is 11.8 Å². The molecule has 1 N–H and O–H groups in total. The predicted molar refractivity (Wildman–Crippen MR) is 53.0 cm³/mol. The molecule has 1 aliphatic heterocycles. The van der Waals surface area contributed by atoms with Gasteiger partial charge in [0.2, 0.25) is 0 Å². The monoisotopic (exact) mass is 204 g/mol. The molecule has 0 amide bonds. The molecule has 1 unspecified atom stereocenters. The van der Waals surface area contributed by atoms with Crippen LogP contribution in [0.1, 0.15) is 27.7 Å². The largest absolute Gasteiger partial charge is 0.256 e. The van der Waals surface area contributed by atoms with Crippen LogP contribution in [0.25, 0.3) is 0 Å². The highest BCUT2D eigenvalue weighted by molar-refractivity contribution is 7.91. The molecule has 0 bridgehead atoms. The highest BCUT2D eigenvalue weighted by Gasteiger charge is 2.39. The Morgan fingerprint density at radius 1 is 1.31 bits per heavy atom. The van der Waals surface area contributed by atoms with Crippen LogP contribution in [-0.2, 0) is 10.0 Å². The summed E-state index contributed by atoms with van der Waals surface area (Å²) in [4.78, 5) is 2.22. The zero-order valence-corrected chi connectivity index (χ0v) is 9.22. The molecule has 13 heavy (non-hydrogen) atoms. The van der Waals surface area contributed by atoms with Crippen LogP contribution in [0.15, 0.2) is 5.10 Å². The standard InChI is InChI=1S/C8H16N2O2S/c1-5(2)7-8(6(3)4)13(11,12)10-9-7/h5-6,8,10H,1-4H3. The smallest absolute Gasteiger partial charge is 0.205 e. The molecule has 1 aliphatic rings. The SMILES string of the molecule is CC(C)C1=NNS(=O)(=O)C1C(C)C. The molecule has 0 aromatic heterocycles. The lowest BCUT2D eigenvalue weighted by Crippen LogP contribution is -2.35. The van der Waals surface area contributed by atoms with E-state index in [0.29, 0.717) is 0 Å². The third-order valence-electron chi connectivity index (χ3n) is 2.12. The van der Waals surface area contributed by atoms with Gasteiger partial charge >= 0.3 is 0 Å². The van der Waals surface area contributed by atoms with E-state index in [0.717, 1.165) is 5.71 Å². The van der Waals surface area contributed by atoms with Crippen LogP contribution in [0.2, 0.25) is 0 Å². The quantitative estimate of drug-likeness (QED) is 0.728. The molecular formula is C8H16N2O2S. The second-order valence-electron chi connectivity index (χ2n) is 3.99. The van der Waals surface area contributed by atoms with Crippen LogP contribution in [0.5, 0.6) is 0 Å². The molecule has 4 nitrogen and oxygen atoms in total. The molecule has 5 heteroatoms. The maximum atomic E-state index is 11.5. The fourth-order valence-corrected chi connectivity index (χ4v) is 3.26. The van der Waals surface area contributed by atoms with Crippen LogP contribution < -0.4 is 4.83 Å². The third kappa shape index (κ3) is 1.85. The number of hydrazone groups is 1. The minimum absolute atomic E-state index is 0.0705. The summed E-state index contributed by atoms with van der Waals surface area (Å²) in [5.74, 6) is 0.248. The van der Waals surface area contributed by atoms with E-state index in [9.17, 15) is 8.42 Å². The second-order valence-corrected chi connectivity index (χ2v) is 5.77. The van der Waals surface area contributed by atoms with Gasteiger partial charge in [-0.2, -0.15) is 5.10 Å². The fourth-order valence-electron chi connectivity index (χ4n) is 1.55. The summed E-state index contributed by atoms with van der Waals surface area (Å²) < 4.78 is 23.0. The van der Waals surface area contributed by atoms with Crippen LogP contribution >= 0.6 is 0 Å². The summed E-state index contributed by atoms with van der Waals surface area (Å²) in [6, 6.07) is 0. The van der Waals surface area contributed by atoms with Gasteiger partial charge in [0.25, 0.3) is 10.0 Å². The van der Waals surface area contributed by atoms with Crippen molar-refractivity contribution < 1.29 is 8.42 Å². The first kappa shape index (κ1) is 10.5. The Morgan fingerprint density at radius 2 is 1.85 bits per heavy atom. The first-order chi connectivity index (χ1) is 5.86. The van der Waals surface area contributed by atoms with Crippen molar-refractivity contribution in [2.45, 2.75) is 32.9 Å². The lowest BCUT2D eigenvalue weighted by Gasteiger charge is -2.16. The van der Waals surface area contributed by atoms with E-state index in [1.165, 1.54) is 0 Å². The molecule has 0 spiro atoms. The van der Waals surface area contributed by atoms with E-state index in [4.69, 9.17) is 0 Å². The third-order valence-corrected chi connectivity index (χ3v) is 3.93. The number of nitrogens with zero attached hydrogens (tertiary/aromatic N) is 1. The Labute approximate surface area is 79.5 Å². The number of hydrogen-bond acceptors (Lipinski definition) is 3. The maximum Gasteiger partial charge on any atom is 0.256 e. The first-order valence-electron chi connectivity index (χ1n) is 4.44. The molecule has 76 valence electrons. The van der Waals surface area contributed by atoms with Gasteiger partial charge in [0.05, 0.1) is 5.71 Å². The van der Waals surface area contributed by atoms with Gasteiger partial charge in [0.1, 0.15) is 5.25 Å². The molecule has 0 fully saturated rings. The van der Waals surface area contributed by atoms with Crippen molar-refractivity contribution in [2.24, 2.45) is 16.9 Å². The lowest BCUT2D eigenvalue weighted by atomic mass is 9.98. The summed E-state index contributed by atoms with van der Waals surface area (Å²) >= 11 is 0. The minimum atomic E-state index is -3.23. The average molecular weight is 204 g/mol. The van der Waals surface area contributed by atoms with Crippen LogP contribution in [0.3, 0.4) is 0 Å². The van der Waals surface area contributed by atoms with E-state index in [2.05, 4.69) is 9.93 Å². The van der Waals surface area contributed by atoms with Gasteiger partial charge in [0.15, 0.2) is 0 Å². The Balaban J connectivity index is 3.03. The zero-order chi connectivity index (χ0) is 10.2. The van der Waals surface area contributed by atoms with E-state index in [1.54, 1.807) is 0 Å². The van der Waals surface area contributed by atoms with Gasteiger partial charge in [-0.15, -0.1) is 0 Å². The normalized spacial score (nSPS) is 26.3. The number of hydrogen-bond donors (Lipinski definition) is 1. The maximum absolute atomic E-state index is 11.5. The zero-order valence-electron chi connectivity index (χ0n) is 8.40. The average Bonchev–Trinajstić information content (AvgIpc) is 2.24. The number of rotatable bonds is 2. The molecule has 0 aromatic carbocycles. The lowest BCUT2D eigenvalue weighted by molar-refractivity contribution is 0.563. The van der Waals surface area contributed by atoms with Crippen LogP contribution in [-0.4, -0.2) is 19.4 Å². The fraction of sp³-hybridized carbons (Fsp3) is 0.875. The molecular weight excluding hydrogens is 188 g/mol. The van der Waals surface area contributed by atoms with Gasteiger partial charge < -0.3 is 0 Å². The predicted octanol–water partition coefficient (Wildman–Crippen LogP) is 0.956. The Bertz CT molecular complexity index is 317. The van der Waals surface area contributed by atoms with Crippen molar-refractivity contribution in [3.8, 4) is 0 Å². The van der Waals surface area contributed by atoms with E-state index in [1.807, 2.05) is 27.7 Å². The van der Waals surface area contributed by atoms with Gasteiger partial charge in [-0.25, -0.2) is 13.2 Å². The van der Waals surface area contributed by atoms with Gasteiger partial charge in [-0.3, -0.25) is 0 Å². The van der Waals surface area contributed by atoms with E-state index >= 15 is 0 Å². The summed E-state index contributed by atoms with van der Waals surface area (Å²) in [5.41, 5.74) is 0.745. The van der Waals surface area contributed by atoms with Gasteiger partial charge in [0, 0.05) is 0 Å². The Hall–Kier alpha value is -0.580. The van der Waals surface area contributed by atoms with Crippen molar-refractivity contribution in [3.63, 3.8) is 0 Å². The highest BCUT2D eigenvalue weighted by atomic mass is 32.2. The molecule has 0 saturated carbocycles. The molecule has 1 atom stereocenters. The molecule has 0 aliphatic carbocycles. The van der Waals surface area contributed by atoms with E-state index in [-0.39, 0.29) is 11.8 Å². The van der Waals surface area contributed by atoms with Crippen molar-refractivity contribution >= 4 is 15.7 Å². The van der Waals surface area contributed by atoms with Crippen LogP contribution in [0.4, 0.5) is 0 Å². The van der Waals surface area contributed by atoms with E-state index < -0.39 is 15.3 Å². The number of sulfonamides is 1. The summed E-state index contributed by atoms with van der Waals surface area (Å²) in [6.07, 6.45) is 0. The summed E-state index contributed by atoms with van der Waals surface area (Å²) in [6.45, 7) is 7.70. The van der Waals surface area contributed by atoms with Crippen molar-refractivity contribution in [1.29, 1.82) is 0 Å². The topological polar surface area (TPSA) is 58.5 Å². The number of nitrogens with one attached hydrogen (secondary N) is 1. The first-order valence-corrected chi connectivity index (χ1v) is 5.99. The van der Waals surface area contributed by atoms with Gasteiger partial charge in [-0.05, 0) is 11.8 Å². The van der Waals surface area contributed by atoms with Crippen molar-refractivity contribution in [3.05, 3.63) is 0 Å². The Morgan fingerprint density at radius 3 is 2.15 bits per heavy atom. The molecule has 0 radical (unpaired) electrons. The van der Waals surface area contributed by atoms with Gasteiger partial charge in [-0.1, -0.05) is 27.7 Å². The van der Waals surface area contributed by atoms with Crippen molar-refractivity contribution in [1.82, 2.24) is 4.83 Å². The highest BCUT2D eigenvalue weighted by Crippen LogP contribution is 2.21. The summed E-state index contributed by atoms with van der Waals surface area (Å²) in [7, 11) is -3.23. The molecule has 1 heterocycles. The molecule has 0 saturated heterocycles. The second kappa shape index (κ2) is 3.29. The summed E-state index contributed by atoms with van der Waals surface area (Å²) in [5, 5.41) is 3.42. The molecule has 0 aromatic rings. The minimum Gasteiger partial charge on any atom is -0.205 e. The van der Waals surface area contributed by atoms with Crippen molar-refractivity contribution in [2.75, 3.05) is 0 Å². The molecule has 1 rings (SSSR count). The Kier molecular flexibility index (Phi) is 2.66.